The Morgan fingerprint density at radius 1 is 1.22 bits per heavy atom. The minimum Gasteiger partial charge on any atom is -0.481 e. The van der Waals surface area contributed by atoms with E-state index in [1.54, 1.807) is 0 Å². The van der Waals surface area contributed by atoms with Gasteiger partial charge in [0, 0.05) is 0 Å². The van der Waals surface area contributed by atoms with Gasteiger partial charge in [-0.3, -0.25) is 9.59 Å². The zero-order chi connectivity index (χ0) is 14.2. The monoisotopic (exact) mass is 258 g/mol. The van der Waals surface area contributed by atoms with Crippen LogP contribution >= 0.6 is 0 Å². The van der Waals surface area contributed by atoms with Gasteiger partial charge in [0.05, 0.1) is 12.8 Å². The Morgan fingerprint density at radius 3 is 2.28 bits per heavy atom. The third-order valence-electron chi connectivity index (χ3n) is 1.89. The molecule has 0 aromatic heterocycles. The molecular formula is C11H14O7. The normalized spacial score (nSPS) is 13.8. The van der Waals surface area contributed by atoms with Gasteiger partial charge in [-0.25, -0.2) is 4.79 Å². The number of carbonyl (C=O) groups excluding carboxylic acids is 1. The lowest BCUT2D eigenvalue weighted by Gasteiger charge is -2.19. The zero-order valence-electron chi connectivity index (χ0n) is 9.54. The number of hydrogen-bond acceptors (Lipinski definition) is 5. The second-order valence-electron chi connectivity index (χ2n) is 3.43. The average Bonchev–Trinajstić information content (AvgIpc) is 2.23. The number of allylic oxidation sites excluding steroid dienone is 2. The highest BCUT2D eigenvalue weighted by Gasteiger charge is 2.41. The molecule has 1 unspecified atom stereocenters. The van der Waals surface area contributed by atoms with Gasteiger partial charge in [-0.05, 0) is 6.08 Å². The van der Waals surface area contributed by atoms with E-state index in [2.05, 4.69) is 11.3 Å². The van der Waals surface area contributed by atoms with E-state index in [9.17, 15) is 19.5 Å². The molecule has 0 saturated carbocycles. The van der Waals surface area contributed by atoms with Gasteiger partial charge in [0.25, 0.3) is 0 Å². The van der Waals surface area contributed by atoms with Crippen LogP contribution < -0.4 is 0 Å². The molecule has 7 nitrogen and oxygen atoms in total. The summed E-state index contributed by atoms with van der Waals surface area (Å²) in [5.41, 5.74) is -2.66. The molecule has 100 valence electrons. The molecule has 0 aliphatic heterocycles. The smallest absolute Gasteiger partial charge is 0.336 e. The summed E-state index contributed by atoms with van der Waals surface area (Å²) in [6.45, 7) is 3.26. The first kappa shape index (κ1) is 15.9. The molecule has 3 N–H and O–H groups in total. The molecule has 0 amide bonds. The van der Waals surface area contributed by atoms with Crippen LogP contribution in [-0.2, 0) is 19.1 Å². The van der Waals surface area contributed by atoms with Crippen LogP contribution in [-0.4, -0.2) is 45.4 Å². The van der Waals surface area contributed by atoms with Crippen LogP contribution in [0.5, 0.6) is 0 Å². The van der Waals surface area contributed by atoms with Crippen LogP contribution in [0.3, 0.4) is 0 Å². The molecule has 0 aromatic carbocycles. The third kappa shape index (κ3) is 5.80. The summed E-state index contributed by atoms with van der Waals surface area (Å²) in [5.74, 6) is -4.32. The van der Waals surface area contributed by atoms with Crippen LogP contribution in [0.25, 0.3) is 0 Å². The van der Waals surface area contributed by atoms with E-state index < -0.39 is 36.4 Å². The van der Waals surface area contributed by atoms with Crippen molar-refractivity contribution in [2.24, 2.45) is 0 Å². The molecule has 0 saturated heterocycles. The fourth-order valence-corrected chi connectivity index (χ4v) is 1.05. The van der Waals surface area contributed by atoms with Crippen molar-refractivity contribution in [3.63, 3.8) is 0 Å². The van der Waals surface area contributed by atoms with Gasteiger partial charge in [-0.2, -0.15) is 0 Å². The van der Waals surface area contributed by atoms with E-state index in [0.29, 0.717) is 0 Å². The summed E-state index contributed by atoms with van der Waals surface area (Å²) in [6, 6.07) is 0. The Morgan fingerprint density at radius 2 is 1.83 bits per heavy atom. The molecule has 1 atom stereocenters. The predicted molar refractivity (Wildman–Crippen MR) is 59.8 cm³/mol. The number of carboxylic acids is 2. The fourth-order valence-electron chi connectivity index (χ4n) is 1.05. The molecule has 18 heavy (non-hydrogen) atoms. The first-order valence-electron chi connectivity index (χ1n) is 4.92. The van der Waals surface area contributed by atoms with Crippen LogP contribution in [0.1, 0.15) is 12.8 Å². The minimum atomic E-state index is -2.66. The Balaban J connectivity index is 4.45. The van der Waals surface area contributed by atoms with E-state index >= 15 is 0 Å². The Labute approximate surface area is 103 Å². The van der Waals surface area contributed by atoms with Crippen LogP contribution in [0.15, 0.2) is 24.8 Å². The highest BCUT2D eigenvalue weighted by molar-refractivity contribution is 5.88. The first-order valence-corrected chi connectivity index (χ1v) is 4.92. The second-order valence-corrected chi connectivity index (χ2v) is 3.43. The molecule has 0 aromatic rings. The maximum absolute atomic E-state index is 11.2. The summed E-state index contributed by atoms with van der Waals surface area (Å²) in [7, 11) is 0. The van der Waals surface area contributed by atoms with Crippen molar-refractivity contribution in [3.8, 4) is 0 Å². The van der Waals surface area contributed by atoms with Gasteiger partial charge in [0.2, 0.25) is 0 Å². The van der Waals surface area contributed by atoms with Crippen molar-refractivity contribution < 1.29 is 34.4 Å². The maximum Gasteiger partial charge on any atom is 0.336 e. The highest BCUT2D eigenvalue weighted by atomic mass is 16.5. The molecule has 0 spiro atoms. The van der Waals surface area contributed by atoms with Crippen LogP contribution in [0.4, 0.5) is 0 Å². The average molecular weight is 258 g/mol. The van der Waals surface area contributed by atoms with Crippen molar-refractivity contribution >= 4 is 17.9 Å². The van der Waals surface area contributed by atoms with Gasteiger partial charge in [0.1, 0.15) is 6.61 Å². The Bertz CT molecular complexity index is 372. The summed E-state index contributed by atoms with van der Waals surface area (Å²) >= 11 is 0. The van der Waals surface area contributed by atoms with Crippen LogP contribution in [0.2, 0.25) is 0 Å². The first-order chi connectivity index (χ1) is 8.31. The molecule has 0 rings (SSSR count). The number of ether oxygens (including phenoxy) is 1. The number of aliphatic hydroxyl groups is 1. The van der Waals surface area contributed by atoms with Crippen molar-refractivity contribution in [2.75, 3.05) is 6.61 Å². The van der Waals surface area contributed by atoms with Crippen molar-refractivity contribution in [3.05, 3.63) is 24.8 Å². The number of aliphatic carboxylic acids is 2. The van der Waals surface area contributed by atoms with E-state index in [-0.39, 0.29) is 6.61 Å². The predicted octanol–water partition coefficient (Wildman–Crippen LogP) is -0.0477. The number of hydrogen-bond donors (Lipinski definition) is 3. The van der Waals surface area contributed by atoms with Gasteiger partial charge in [-0.1, -0.05) is 18.7 Å². The number of rotatable bonds is 8. The van der Waals surface area contributed by atoms with E-state index in [4.69, 9.17) is 10.2 Å². The second kappa shape index (κ2) is 7.23. The van der Waals surface area contributed by atoms with Gasteiger partial charge < -0.3 is 20.1 Å². The number of carbonyl (C=O) groups is 3. The van der Waals surface area contributed by atoms with Crippen molar-refractivity contribution in [1.29, 1.82) is 0 Å². The zero-order valence-corrected chi connectivity index (χ0v) is 9.54. The lowest BCUT2D eigenvalue weighted by Crippen LogP contribution is -2.43. The molecule has 0 radical (unpaired) electrons. The van der Waals surface area contributed by atoms with E-state index in [1.165, 1.54) is 18.2 Å². The third-order valence-corrected chi connectivity index (χ3v) is 1.89. The molecular weight excluding hydrogens is 244 g/mol. The van der Waals surface area contributed by atoms with Gasteiger partial charge >= 0.3 is 17.9 Å². The number of esters is 1. The lowest BCUT2D eigenvalue weighted by atomic mass is 9.96. The molecule has 0 heterocycles. The lowest BCUT2D eigenvalue weighted by molar-refractivity contribution is -0.171. The van der Waals surface area contributed by atoms with E-state index in [1.807, 2.05) is 0 Å². The largest absolute Gasteiger partial charge is 0.481 e. The highest BCUT2D eigenvalue weighted by Crippen LogP contribution is 2.16. The quantitative estimate of drug-likeness (QED) is 0.412. The van der Waals surface area contributed by atoms with Crippen molar-refractivity contribution in [2.45, 2.75) is 18.4 Å². The van der Waals surface area contributed by atoms with Crippen molar-refractivity contribution in [1.82, 2.24) is 0 Å². The topological polar surface area (TPSA) is 121 Å². The number of carboxylic acid groups (broad SMARTS) is 2. The van der Waals surface area contributed by atoms with E-state index in [0.717, 1.165) is 0 Å². The standard InChI is InChI=1S/C11H14O7/c1-2-3-4-5-18-9(14)7-11(17,10(15)16)6-8(12)13/h2-4,17H,1,5-7H2,(H,12,13)(H,15,16). The molecule has 0 aliphatic rings. The summed E-state index contributed by atoms with van der Waals surface area (Å²) in [6.07, 6.45) is 2.39. The summed E-state index contributed by atoms with van der Waals surface area (Å²) in [4.78, 5) is 32.3. The summed E-state index contributed by atoms with van der Waals surface area (Å²) < 4.78 is 4.58. The van der Waals surface area contributed by atoms with Crippen LogP contribution in [0, 0.1) is 0 Å². The maximum atomic E-state index is 11.2. The SMILES string of the molecule is C=CC=CCOC(=O)CC(O)(CC(=O)O)C(=O)O. The molecule has 7 heteroatoms. The van der Waals surface area contributed by atoms with Gasteiger partial charge in [-0.15, -0.1) is 0 Å². The molecule has 0 bridgehead atoms. The van der Waals surface area contributed by atoms with Gasteiger partial charge in [0.15, 0.2) is 5.60 Å². The fraction of sp³-hybridized carbons (Fsp3) is 0.364. The Hall–Kier alpha value is -2.15. The summed E-state index contributed by atoms with van der Waals surface area (Å²) in [5, 5.41) is 26.7. The molecule has 0 aliphatic carbocycles. The minimum absolute atomic E-state index is 0.117. The Kier molecular flexibility index (Phi) is 6.37. The molecule has 0 fully saturated rings.